The Kier molecular flexibility index (Phi) is 8.71. The van der Waals surface area contributed by atoms with Crippen molar-refractivity contribution in [1.82, 2.24) is 4.98 Å². The predicted molar refractivity (Wildman–Crippen MR) is 84.6 cm³/mol. The first-order chi connectivity index (χ1) is 9.60. The summed E-state index contributed by atoms with van der Waals surface area (Å²) in [5.41, 5.74) is 1.36. The van der Waals surface area contributed by atoms with E-state index in [2.05, 4.69) is 25.7 Å². The Morgan fingerprint density at radius 3 is 2.43 bits per heavy atom. The van der Waals surface area contributed by atoms with Crippen molar-refractivity contribution in [2.24, 2.45) is 0 Å². The summed E-state index contributed by atoms with van der Waals surface area (Å²) in [6.07, 6.45) is 1.67. The van der Waals surface area contributed by atoms with Gasteiger partial charge in [-0.25, -0.2) is 4.79 Å². The van der Waals surface area contributed by atoms with Crippen LogP contribution in [0.25, 0.3) is 0 Å². The lowest BCUT2D eigenvalue weighted by molar-refractivity contribution is -0.385. The zero-order valence-electron chi connectivity index (χ0n) is 10.7. The first-order valence-electron chi connectivity index (χ1n) is 5.60. The number of nitro groups is 1. The van der Waals surface area contributed by atoms with Crippen LogP contribution in [0.5, 0.6) is 0 Å². The van der Waals surface area contributed by atoms with Crippen molar-refractivity contribution < 1.29 is 14.5 Å². The number of nitrogens with one attached hydrogen (secondary N) is 1. The Bertz CT molecular complexity index is 570. The number of benzene rings is 1. The lowest BCUT2D eigenvalue weighted by Gasteiger charge is -1.95. The van der Waals surface area contributed by atoms with E-state index in [0.29, 0.717) is 16.6 Å². The topological polar surface area (TPSA) is 85.2 Å². The summed E-state index contributed by atoms with van der Waals surface area (Å²) >= 11 is 3.17. The van der Waals surface area contributed by atoms with Crippen LogP contribution in [0.3, 0.4) is 0 Å². The number of nitrogens with zero attached hydrogens (tertiary/aromatic N) is 1. The molecule has 0 radical (unpaired) electrons. The Balaban J connectivity index is 0.000000370. The van der Waals surface area contributed by atoms with Crippen molar-refractivity contribution in [3.8, 4) is 0 Å². The molecule has 0 unspecified atom stereocenters. The average Bonchev–Trinajstić information content (AvgIpc) is 3.01. The minimum Gasteiger partial charge on any atom is -0.464 e. The fraction of sp³-hybridized carbons (Fsp3) is 0.214. The first-order valence-corrected chi connectivity index (χ1v) is 6.72. The zero-order valence-corrected chi connectivity index (χ0v) is 12.3. The van der Waals surface area contributed by atoms with Gasteiger partial charge in [-0.1, -0.05) is 41.6 Å². The number of rotatable bonds is 3. The van der Waals surface area contributed by atoms with Gasteiger partial charge >= 0.3 is 5.97 Å². The molecule has 0 fully saturated rings. The summed E-state index contributed by atoms with van der Waals surface area (Å²) in [5, 5.41) is 10.9. The number of hydrogen-bond acceptors (Lipinski definition) is 4. The Hall–Kier alpha value is -2.15. The van der Waals surface area contributed by atoms with Gasteiger partial charge in [0.2, 0.25) is 0 Å². The van der Waals surface area contributed by atoms with E-state index in [1.807, 2.05) is 0 Å². The molecule has 1 N–H and O–H groups in total. The molecule has 7 heteroatoms. The summed E-state index contributed by atoms with van der Waals surface area (Å²) in [6.45, 7) is 0. The molecule has 0 amide bonds. The number of nitro benzene ring substituents is 1. The van der Waals surface area contributed by atoms with E-state index < -0.39 is 0 Å². The molecule has 6 nitrogen and oxygen atoms in total. The van der Waals surface area contributed by atoms with Gasteiger partial charge < -0.3 is 9.72 Å². The first kappa shape index (κ1) is 18.9. The summed E-state index contributed by atoms with van der Waals surface area (Å²) in [7, 11) is 1.35. The van der Waals surface area contributed by atoms with Gasteiger partial charge in [-0.15, -0.1) is 0 Å². The molecule has 2 aromatic rings. The normalized spacial score (nSPS) is 8.86. The van der Waals surface area contributed by atoms with E-state index >= 15 is 0 Å². The number of H-pyrrole nitrogens is 1. The number of alkyl halides is 1. The monoisotopic (exact) mass is 356 g/mol. The third kappa shape index (κ3) is 5.78. The van der Waals surface area contributed by atoms with Gasteiger partial charge in [0.05, 0.1) is 12.0 Å². The molecule has 0 aliphatic rings. The standard InChI is InChI=1S/C7H6BrNO2.C6H7NO2.CH4/c8-5-6-3-1-2-4-7(6)9(10)11;1-9-6(8)5-3-2-4-7-5;/h1-4H,5H2;2-4,7H,1H3;1H4. The number of aromatic amines is 1. The highest BCUT2D eigenvalue weighted by atomic mass is 79.9. The summed E-state index contributed by atoms with van der Waals surface area (Å²) in [5.74, 6) is -0.333. The second-order valence-electron chi connectivity index (χ2n) is 3.59. The molecule has 0 aliphatic carbocycles. The lowest BCUT2D eigenvalue weighted by Crippen LogP contribution is -2.00. The van der Waals surface area contributed by atoms with Crippen LogP contribution in [0.15, 0.2) is 42.6 Å². The Labute approximate surface area is 131 Å². The molecule has 114 valence electrons. The minimum absolute atomic E-state index is 0. The van der Waals surface area contributed by atoms with Crippen molar-refractivity contribution in [2.45, 2.75) is 12.8 Å². The van der Waals surface area contributed by atoms with Crippen LogP contribution in [-0.2, 0) is 10.1 Å². The fourth-order valence-electron chi connectivity index (χ4n) is 1.37. The number of hydrogen-bond donors (Lipinski definition) is 1. The van der Waals surface area contributed by atoms with E-state index in [1.165, 1.54) is 13.2 Å². The quantitative estimate of drug-likeness (QED) is 0.390. The highest BCUT2D eigenvalue weighted by Gasteiger charge is 2.09. The lowest BCUT2D eigenvalue weighted by atomic mass is 10.2. The molecule has 0 bridgehead atoms. The molecule has 1 heterocycles. The Morgan fingerprint density at radius 1 is 1.33 bits per heavy atom. The maximum Gasteiger partial charge on any atom is 0.354 e. The maximum atomic E-state index is 10.6. The van der Waals surface area contributed by atoms with Gasteiger partial charge in [0.25, 0.3) is 5.69 Å². The van der Waals surface area contributed by atoms with Gasteiger partial charge in [-0.05, 0) is 12.1 Å². The fourth-order valence-corrected chi connectivity index (χ4v) is 1.84. The average molecular weight is 357 g/mol. The van der Waals surface area contributed by atoms with Gasteiger partial charge in [-0.2, -0.15) is 0 Å². The van der Waals surface area contributed by atoms with E-state index in [-0.39, 0.29) is 24.0 Å². The molecule has 0 spiro atoms. The van der Waals surface area contributed by atoms with E-state index in [9.17, 15) is 14.9 Å². The number of methoxy groups -OCH3 is 1. The molecular formula is C14H17BrN2O4. The van der Waals surface area contributed by atoms with Crippen molar-refractivity contribution in [2.75, 3.05) is 7.11 Å². The third-order valence-electron chi connectivity index (χ3n) is 2.34. The maximum absolute atomic E-state index is 10.6. The van der Waals surface area contributed by atoms with Crippen LogP contribution in [0.1, 0.15) is 23.5 Å². The zero-order chi connectivity index (χ0) is 15.0. The van der Waals surface area contributed by atoms with Crippen LogP contribution in [-0.4, -0.2) is 23.0 Å². The molecule has 0 saturated carbocycles. The minimum atomic E-state index is -0.378. The summed E-state index contributed by atoms with van der Waals surface area (Å²) in [6, 6.07) is 10.1. The van der Waals surface area contributed by atoms with E-state index in [4.69, 9.17) is 0 Å². The highest BCUT2D eigenvalue weighted by molar-refractivity contribution is 9.08. The van der Waals surface area contributed by atoms with Crippen molar-refractivity contribution in [1.29, 1.82) is 0 Å². The molecule has 0 saturated heterocycles. The van der Waals surface area contributed by atoms with Gasteiger partial charge in [0.1, 0.15) is 5.69 Å². The van der Waals surface area contributed by atoms with E-state index in [1.54, 1.807) is 36.5 Å². The number of ether oxygens (including phenoxy) is 1. The molecule has 0 atom stereocenters. The summed E-state index contributed by atoms with van der Waals surface area (Å²) in [4.78, 5) is 23.3. The van der Waals surface area contributed by atoms with Crippen LogP contribution in [0.4, 0.5) is 5.69 Å². The SMILES string of the molecule is C.COC(=O)c1ccc[nH]1.O=[N+]([O-])c1ccccc1CBr. The molecule has 1 aromatic carbocycles. The highest BCUT2D eigenvalue weighted by Crippen LogP contribution is 2.19. The van der Waals surface area contributed by atoms with Crippen LogP contribution >= 0.6 is 15.9 Å². The third-order valence-corrected chi connectivity index (χ3v) is 2.94. The second-order valence-corrected chi connectivity index (χ2v) is 4.16. The second kappa shape index (κ2) is 9.71. The van der Waals surface area contributed by atoms with Gasteiger partial charge in [0, 0.05) is 23.2 Å². The summed E-state index contributed by atoms with van der Waals surface area (Å²) < 4.78 is 4.42. The largest absolute Gasteiger partial charge is 0.464 e. The van der Waals surface area contributed by atoms with Crippen molar-refractivity contribution >= 4 is 27.6 Å². The molecule has 0 aliphatic heterocycles. The van der Waals surface area contributed by atoms with Crippen LogP contribution in [0, 0.1) is 10.1 Å². The number of halogens is 1. The number of esters is 1. The predicted octanol–water partition coefficient (Wildman–Crippen LogP) is 3.93. The number of aromatic nitrogens is 1. The van der Waals surface area contributed by atoms with Crippen LogP contribution < -0.4 is 0 Å². The number of para-hydroxylation sites is 1. The Morgan fingerprint density at radius 2 is 2.00 bits per heavy atom. The molecule has 21 heavy (non-hydrogen) atoms. The molecule has 1 aromatic heterocycles. The molecular weight excluding hydrogens is 340 g/mol. The van der Waals surface area contributed by atoms with E-state index in [0.717, 1.165) is 0 Å². The van der Waals surface area contributed by atoms with Gasteiger partial charge in [-0.3, -0.25) is 10.1 Å². The van der Waals surface area contributed by atoms with Crippen molar-refractivity contribution in [3.63, 3.8) is 0 Å². The van der Waals surface area contributed by atoms with Gasteiger partial charge in [0.15, 0.2) is 0 Å². The molecule has 2 rings (SSSR count). The smallest absolute Gasteiger partial charge is 0.354 e. The number of carbonyl (C=O) groups is 1. The van der Waals surface area contributed by atoms with Crippen LogP contribution in [0.2, 0.25) is 0 Å². The van der Waals surface area contributed by atoms with Crippen molar-refractivity contribution in [3.05, 3.63) is 64.0 Å². The number of carbonyl (C=O) groups excluding carboxylic acids is 1.